The van der Waals surface area contributed by atoms with E-state index < -0.39 is 0 Å². The second-order valence-electron chi connectivity index (χ2n) is 7.32. The molecule has 1 atom stereocenters. The topological polar surface area (TPSA) is 91.0 Å². The number of rotatable bonds is 5. The van der Waals surface area contributed by atoms with Gasteiger partial charge in [-0.25, -0.2) is 4.39 Å². The molecule has 0 unspecified atom stereocenters. The second kappa shape index (κ2) is 8.86. The fraction of sp³-hybridized carbons (Fsp3) is 0.273. The van der Waals surface area contributed by atoms with Crippen molar-refractivity contribution < 1.29 is 14.0 Å². The first-order valence-electron chi connectivity index (χ1n) is 9.88. The Hall–Kier alpha value is -3.55. The third-order valence-corrected chi connectivity index (χ3v) is 5.19. The van der Waals surface area contributed by atoms with Crippen LogP contribution in [0.25, 0.3) is 11.4 Å². The minimum atomic E-state index is -0.309. The van der Waals surface area contributed by atoms with Gasteiger partial charge in [0, 0.05) is 25.8 Å². The maximum absolute atomic E-state index is 13.0. The minimum absolute atomic E-state index is 0.101. The highest BCUT2D eigenvalue weighted by Crippen LogP contribution is 2.20. The summed E-state index contributed by atoms with van der Waals surface area (Å²) in [5.74, 6) is -0.867. The number of hydrogen-bond acceptors (Lipinski definition) is 4. The van der Waals surface area contributed by atoms with Crippen LogP contribution in [0, 0.1) is 11.7 Å². The molecule has 3 aromatic rings. The van der Waals surface area contributed by atoms with Gasteiger partial charge in [-0.2, -0.15) is 5.10 Å². The predicted molar refractivity (Wildman–Crippen MR) is 109 cm³/mol. The van der Waals surface area contributed by atoms with E-state index >= 15 is 0 Å². The molecule has 1 saturated heterocycles. The number of carbonyl (C=O) groups is 2. The first kappa shape index (κ1) is 19.8. The number of likely N-dealkylation sites (tertiary alicyclic amines) is 1. The zero-order chi connectivity index (χ0) is 20.9. The van der Waals surface area contributed by atoms with Crippen LogP contribution < -0.4 is 5.32 Å². The molecule has 1 aliphatic rings. The highest BCUT2D eigenvalue weighted by molar-refractivity contribution is 5.93. The Balaban J connectivity index is 1.36. The lowest BCUT2D eigenvalue weighted by atomic mass is 9.96. The molecule has 0 bridgehead atoms. The van der Waals surface area contributed by atoms with Gasteiger partial charge in [-0.1, -0.05) is 18.2 Å². The molecule has 0 radical (unpaired) electrons. The summed E-state index contributed by atoms with van der Waals surface area (Å²) in [5.41, 5.74) is 2.49. The lowest BCUT2D eigenvalue weighted by Gasteiger charge is -2.31. The van der Waals surface area contributed by atoms with Crippen molar-refractivity contribution >= 4 is 11.8 Å². The Labute approximate surface area is 173 Å². The Morgan fingerprint density at radius 3 is 2.77 bits per heavy atom. The maximum Gasteiger partial charge on any atom is 0.271 e. The van der Waals surface area contributed by atoms with Gasteiger partial charge in [0.15, 0.2) is 0 Å². The van der Waals surface area contributed by atoms with Crippen molar-refractivity contribution in [2.45, 2.75) is 19.4 Å². The molecule has 1 aliphatic heterocycles. The summed E-state index contributed by atoms with van der Waals surface area (Å²) in [6, 6.07) is 13.2. The summed E-state index contributed by atoms with van der Waals surface area (Å²) in [6.45, 7) is 1.28. The number of benzene rings is 1. The van der Waals surface area contributed by atoms with Crippen molar-refractivity contribution in [3.63, 3.8) is 0 Å². The van der Waals surface area contributed by atoms with Gasteiger partial charge in [0.05, 0.1) is 11.6 Å². The molecule has 0 aliphatic carbocycles. The molecule has 7 nitrogen and oxygen atoms in total. The highest BCUT2D eigenvalue weighted by atomic mass is 19.1. The number of amides is 2. The van der Waals surface area contributed by atoms with Crippen molar-refractivity contribution in [3.05, 3.63) is 71.8 Å². The maximum atomic E-state index is 13.0. The van der Waals surface area contributed by atoms with Crippen molar-refractivity contribution in [3.8, 4) is 11.4 Å². The number of pyridine rings is 1. The molecule has 8 heteroatoms. The van der Waals surface area contributed by atoms with Gasteiger partial charge in [-0.3, -0.25) is 19.7 Å². The Kier molecular flexibility index (Phi) is 5.83. The molecule has 2 amide bonds. The van der Waals surface area contributed by atoms with Crippen LogP contribution in [-0.4, -0.2) is 45.0 Å². The number of piperidine rings is 1. The Bertz CT molecular complexity index is 1020. The van der Waals surface area contributed by atoms with Crippen LogP contribution in [0.4, 0.5) is 4.39 Å². The van der Waals surface area contributed by atoms with Gasteiger partial charge in [-0.15, -0.1) is 0 Å². The number of aromatic amines is 1. The number of H-pyrrole nitrogens is 1. The van der Waals surface area contributed by atoms with E-state index in [0.29, 0.717) is 36.7 Å². The third kappa shape index (κ3) is 4.53. The van der Waals surface area contributed by atoms with E-state index in [4.69, 9.17) is 0 Å². The number of halogens is 1. The van der Waals surface area contributed by atoms with Crippen molar-refractivity contribution in [2.24, 2.45) is 5.92 Å². The predicted octanol–water partition coefficient (Wildman–Crippen LogP) is 2.78. The summed E-state index contributed by atoms with van der Waals surface area (Å²) in [7, 11) is 0. The molecule has 1 aromatic carbocycles. The van der Waals surface area contributed by atoms with Crippen LogP contribution in [0.2, 0.25) is 0 Å². The SMILES string of the molecule is O=C(NCc1ccc(F)cc1)[C@@H]1CCCN(C(=O)c2cc(-c3ccccn3)n[nH]2)C1. The number of aromatic nitrogens is 3. The Morgan fingerprint density at radius 1 is 1.17 bits per heavy atom. The molecule has 30 heavy (non-hydrogen) atoms. The molecule has 0 spiro atoms. The van der Waals surface area contributed by atoms with Crippen LogP contribution >= 0.6 is 0 Å². The van der Waals surface area contributed by atoms with E-state index in [1.807, 2.05) is 18.2 Å². The van der Waals surface area contributed by atoms with E-state index in [9.17, 15) is 14.0 Å². The fourth-order valence-corrected chi connectivity index (χ4v) is 3.56. The van der Waals surface area contributed by atoms with E-state index in [2.05, 4.69) is 20.5 Å². The van der Waals surface area contributed by atoms with Gasteiger partial charge in [0.1, 0.15) is 17.2 Å². The third-order valence-electron chi connectivity index (χ3n) is 5.19. The van der Waals surface area contributed by atoms with Crippen LogP contribution in [0.15, 0.2) is 54.7 Å². The van der Waals surface area contributed by atoms with Crippen LogP contribution in [0.5, 0.6) is 0 Å². The summed E-state index contributed by atoms with van der Waals surface area (Å²) < 4.78 is 13.0. The van der Waals surface area contributed by atoms with Gasteiger partial charge in [-0.05, 0) is 48.7 Å². The highest BCUT2D eigenvalue weighted by Gasteiger charge is 2.29. The largest absolute Gasteiger partial charge is 0.352 e. The first-order chi connectivity index (χ1) is 14.6. The van der Waals surface area contributed by atoms with Crippen molar-refractivity contribution in [2.75, 3.05) is 13.1 Å². The zero-order valence-electron chi connectivity index (χ0n) is 16.3. The monoisotopic (exact) mass is 407 g/mol. The molecule has 3 heterocycles. The van der Waals surface area contributed by atoms with Gasteiger partial charge in [0.2, 0.25) is 5.91 Å². The molecule has 4 rings (SSSR count). The molecule has 2 N–H and O–H groups in total. The molecule has 154 valence electrons. The Morgan fingerprint density at radius 2 is 2.00 bits per heavy atom. The normalized spacial score (nSPS) is 16.3. The van der Waals surface area contributed by atoms with E-state index in [1.165, 1.54) is 12.1 Å². The van der Waals surface area contributed by atoms with Gasteiger partial charge < -0.3 is 10.2 Å². The van der Waals surface area contributed by atoms with Crippen molar-refractivity contribution in [1.29, 1.82) is 0 Å². The smallest absolute Gasteiger partial charge is 0.271 e. The summed E-state index contributed by atoms with van der Waals surface area (Å²) in [5, 5.41) is 9.85. The van der Waals surface area contributed by atoms with Crippen molar-refractivity contribution in [1.82, 2.24) is 25.4 Å². The number of hydrogen-bond donors (Lipinski definition) is 2. The standard InChI is InChI=1S/C22H22FN5O2/c23-17-8-6-15(7-9-17)13-25-21(29)16-4-3-11-28(14-16)22(30)20-12-19(26-27-20)18-5-1-2-10-24-18/h1-2,5-10,12,16H,3-4,11,13-14H2,(H,25,29)(H,26,27)/t16-/m1/s1. The lowest BCUT2D eigenvalue weighted by Crippen LogP contribution is -2.45. The molecular formula is C22H22FN5O2. The fourth-order valence-electron chi connectivity index (χ4n) is 3.56. The quantitative estimate of drug-likeness (QED) is 0.680. The molecule has 0 saturated carbocycles. The summed E-state index contributed by atoms with van der Waals surface area (Å²) in [6.07, 6.45) is 3.15. The minimum Gasteiger partial charge on any atom is -0.352 e. The first-order valence-corrected chi connectivity index (χ1v) is 9.88. The summed E-state index contributed by atoms with van der Waals surface area (Å²) >= 11 is 0. The average molecular weight is 407 g/mol. The van der Waals surface area contributed by atoms with E-state index in [1.54, 1.807) is 29.3 Å². The second-order valence-corrected chi connectivity index (χ2v) is 7.32. The molecule has 1 fully saturated rings. The van der Waals surface area contributed by atoms with E-state index in [0.717, 1.165) is 18.4 Å². The van der Waals surface area contributed by atoms with Crippen LogP contribution in [0.1, 0.15) is 28.9 Å². The number of nitrogens with one attached hydrogen (secondary N) is 2. The molecule has 2 aromatic heterocycles. The number of carbonyl (C=O) groups excluding carboxylic acids is 2. The van der Waals surface area contributed by atoms with Gasteiger partial charge >= 0.3 is 0 Å². The lowest BCUT2D eigenvalue weighted by molar-refractivity contribution is -0.126. The molecular weight excluding hydrogens is 385 g/mol. The number of nitrogens with zero attached hydrogens (tertiary/aromatic N) is 3. The van der Waals surface area contributed by atoms with Crippen LogP contribution in [0.3, 0.4) is 0 Å². The zero-order valence-corrected chi connectivity index (χ0v) is 16.3. The van der Waals surface area contributed by atoms with Crippen LogP contribution in [-0.2, 0) is 11.3 Å². The van der Waals surface area contributed by atoms with Gasteiger partial charge in [0.25, 0.3) is 5.91 Å². The average Bonchev–Trinajstić information content (AvgIpc) is 3.29. The van der Waals surface area contributed by atoms with E-state index in [-0.39, 0.29) is 23.5 Å². The summed E-state index contributed by atoms with van der Waals surface area (Å²) in [4.78, 5) is 31.4.